The first kappa shape index (κ1) is 13.4. The Balaban J connectivity index is 2.13. The summed E-state index contributed by atoms with van der Waals surface area (Å²) >= 11 is 8.89. The number of hydrogen-bond acceptors (Lipinski definition) is 3. The molecule has 0 aliphatic heterocycles. The maximum absolute atomic E-state index is 13.3. The molecule has 0 spiro atoms. The Morgan fingerprint density at radius 1 is 1.44 bits per heavy atom. The van der Waals surface area contributed by atoms with Crippen LogP contribution < -0.4 is 10.5 Å². The molecular formula is C12H10BrClFNO2. The predicted molar refractivity (Wildman–Crippen MR) is 70.0 cm³/mol. The number of ether oxygens (including phenoxy) is 1. The molecule has 0 saturated carbocycles. The van der Waals surface area contributed by atoms with Crippen molar-refractivity contribution >= 4 is 27.5 Å². The molecule has 2 N–H and O–H groups in total. The maximum Gasteiger partial charge on any atom is 0.146 e. The van der Waals surface area contributed by atoms with Crippen LogP contribution in [0.2, 0.25) is 5.02 Å². The van der Waals surface area contributed by atoms with E-state index in [1.807, 2.05) is 0 Å². The van der Waals surface area contributed by atoms with Crippen molar-refractivity contribution in [1.29, 1.82) is 0 Å². The second kappa shape index (κ2) is 5.73. The molecular weight excluding hydrogens is 324 g/mol. The summed E-state index contributed by atoms with van der Waals surface area (Å²) in [6, 6.07) is 4.44. The van der Waals surface area contributed by atoms with E-state index in [2.05, 4.69) is 15.9 Å². The zero-order valence-corrected chi connectivity index (χ0v) is 11.6. The molecule has 0 fully saturated rings. The first-order valence-electron chi connectivity index (χ1n) is 5.14. The first-order chi connectivity index (χ1) is 8.61. The van der Waals surface area contributed by atoms with Crippen molar-refractivity contribution in [2.75, 3.05) is 0 Å². The van der Waals surface area contributed by atoms with E-state index in [-0.39, 0.29) is 11.6 Å². The smallest absolute Gasteiger partial charge is 0.146 e. The number of benzene rings is 1. The van der Waals surface area contributed by atoms with Crippen LogP contribution in [0.1, 0.15) is 11.3 Å². The van der Waals surface area contributed by atoms with Gasteiger partial charge in [0.1, 0.15) is 23.9 Å². The van der Waals surface area contributed by atoms with Gasteiger partial charge in [-0.05, 0) is 28.1 Å². The molecule has 0 atom stereocenters. The number of nitrogens with two attached hydrogens (primary N) is 1. The molecule has 0 radical (unpaired) electrons. The van der Waals surface area contributed by atoms with Crippen LogP contribution >= 0.6 is 27.5 Å². The quantitative estimate of drug-likeness (QED) is 0.863. The summed E-state index contributed by atoms with van der Waals surface area (Å²) in [6.45, 7) is 0.546. The van der Waals surface area contributed by atoms with Crippen LogP contribution in [-0.4, -0.2) is 0 Å². The third kappa shape index (κ3) is 2.85. The molecule has 0 amide bonds. The largest absolute Gasteiger partial charge is 0.484 e. The van der Waals surface area contributed by atoms with Crippen LogP contribution in [0.4, 0.5) is 4.39 Å². The predicted octanol–water partition coefficient (Wildman–Crippen LogP) is 3.87. The molecule has 1 aromatic carbocycles. The van der Waals surface area contributed by atoms with Gasteiger partial charge in [-0.15, -0.1) is 0 Å². The fourth-order valence-electron chi connectivity index (χ4n) is 1.43. The Morgan fingerprint density at radius 2 is 2.22 bits per heavy atom. The molecule has 1 aromatic heterocycles. The summed E-state index contributed by atoms with van der Waals surface area (Å²) in [7, 11) is 0. The Morgan fingerprint density at radius 3 is 2.94 bits per heavy atom. The Kier molecular flexibility index (Phi) is 4.27. The van der Waals surface area contributed by atoms with Crippen LogP contribution in [0.5, 0.6) is 5.75 Å². The van der Waals surface area contributed by atoms with E-state index >= 15 is 0 Å². The minimum Gasteiger partial charge on any atom is -0.484 e. The number of furan rings is 1. The molecule has 0 aliphatic carbocycles. The lowest BCUT2D eigenvalue weighted by atomic mass is 10.2. The lowest BCUT2D eigenvalue weighted by molar-refractivity contribution is 0.266. The molecule has 2 aromatic rings. The molecule has 1 heterocycles. The van der Waals surface area contributed by atoms with E-state index in [0.29, 0.717) is 22.5 Å². The fraction of sp³-hybridized carbons (Fsp3) is 0.167. The highest BCUT2D eigenvalue weighted by Crippen LogP contribution is 2.31. The van der Waals surface area contributed by atoms with E-state index < -0.39 is 5.82 Å². The molecule has 96 valence electrons. The van der Waals surface area contributed by atoms with Crippen molar-refractivity contribution in [1.82, 2.24) is 0 Å². The average Bonchev–Trinajstić information content (AvgIpc) is 2.79. The molecule has 0 aliphatic rings. The SMILES string of the molecule is NCc1ccoc1COc1cc(F)c(Cl)cc1Br. The molecule has 0 unspecified atom stereocenters. The highest BCUT2D eigenvalue weighted by Gasteiger charge is 2.10. The summed E-state index contributed by atoms with van der Waals surface area (Å²) in [5, 5.41) is 0.0369. The summed E-state index contributed by atoms with van der Waals surface area (Å²) < 4.78 is 24.6. The highest BCUT2D eigenvalue weighted by molar-refractivity contribution is 9.10. The lowest BCUT2D eigenvalue weighted by Gasteiger charge is -2.08. The van der Waals surface area contributed by atoms with E-state index in [9.17, 15) is 4.39 Å². The zero-order chi connectivity index (χ0) is 13.1. The molecule has 2 rings (SSSR count). The normalized spacial score (nSPS) is 10.7. The van der Waals surface area contributed by atoms with Crippen molar-refractivity contribution in [3.63, 3.8) is 0 Å². The van der Waals surface area contributed by atoms with Gasteiger partial charge in [0.15, 0.2) is 0 Å². The number of hydrogen-bond donors (Lipinski definition) is 1. The maximum atomic E-state index is 13.3. The van der Waals surface area contributed by atoms with Gasteiger partial charge in [-0.1, -0.05) is 11.6 Å². The monoisotopic (exact) mass is 333 g/mol. The van der Waals surface area contributed by atoms with E-state index in [1.165, 1.54) is 12.1 Å². The lowest BCUT2D eigenvalue weighted by Crippen LogP contribution is -2.02. The molecule has 0 saturated heterocycles. The van der Waals surface area contributed by atoms with Gasteiger partial charge in [-0.3, -0.25) is 0 Å². The Hall–Kier alpha value is -1.04. The standard InChI is InChI=1S/C12H10BrClFNO2/c13-8-3-9(14)10(15)4-11(8)18-6-12-7(5-16)1-2-17-12/h1-4H,5-6,16H2. The van der Waals surface area contributed by atoms with Gasteiger partial charge in [0.2, 0.25) is 0 Å². The zero-order valence-electron chi connectivity index (χ0n) is 9.25. The average molecular weight is 335 g/mol. The van der Waals surface area contributed by atoms with Crippen LogP contribution in [-0.2, 0) is 13.2 Å². The fourth-order valence-corrected chi connectivity index (χ4v) is 2.19. The van der Waals surface area contributed by atoms with Crippen LogP contribution in [0.15, 0.2) is 33.4 Å². The summed E-state index contributed by atoms with van der Waals surface area (Å²) in [6.07, 6.45) is 1.54. The van der Waals surface area contributed by atoms with Gasteiger partial charge in [0, 0.05) is 18.2 Å². The molecule has 3 nitrogen and oxygen atoms in total. The third-order valence-corrected chi connectivity index (χ3v) is 3.30. The van der Waals surface area contributed by atoms with Crippen molar-refractivity contribution in [3.8, 4) is 5.75 Å². The van der Waals surface area contributed by atoms with Gasteiger partial charge in [0.25, 0.3) is 0 Å². The van der Waals surface area contributed by atoms with E-state index in [4.69, 9.17) is 26.5 Å². The second-order valence-corrected chi connectivity index (χ2v) is 4.82. The van der Waals surface area contributed by atoms with Crippen LogP contribution in [0.3, 0.4) is 0 Å². The topological polar surface area (TPSA) is 48.4 Å². The number of halogens is 3. The molecule has 6 heteroatoms. The summed E-state index contributed by atoms with van der Waals surface area (Å²) in [5.74, 6) is 0.449. The molecule has 0 bridgehead atoms. The molecule has 18 heavy (non-hydrogen) atoms. The first-order valence-corrected chi connectivity index (χ1v) is 6.31. The third-order valence-electron chi connectivity index (χ3n) is 2.39. The van der Waals surface area contributed by atoms with Gasteiger partial charge < -0.3 is 14.9 Å². The van der Waals surface area contributed by atoms with Crippen LogP contribution in [0.25, 0.3) is 0 Å². The van der Waals surface area contributed by atoms with E-state index in [0.717, 1.165) is 5.56 Å². The number of rotatable bonds is 4. The van der Waals surface area contributed by atoms with E-state index in [1.54, 1.807) is 12.3 Å². The van der Waals surface area contributed by atoms with Crippen LogP contribution in [0, 0.1) is 5.82 Å². The van der Waals surface area contributed by atoms with Gasteiger partial charge in [-0.25, -0.2) is 4.39 Å². The minimum absolute atomic E-state index is 0.0369. The summed E-state index contributed by atoms with van der Waals surface area (Å²) in [4.78, 5) is 0. The summed E-state index contributed by atoms with van der Waals surface area (Å²) in [5.41, 5.74) is 6.40. The second-order valence-electron chi connectivity index (χ2n) is 3.56. The van der Waals surface area contributed by atoms with Crippen molar-refractivity contribution in [2.45, 2.75) is 13.2 Å². The van der Waals surface area contributed by atoms with Crippen molar-refractivity contribution in [2.24, 2.45) is 5.73 Å². The Labute approximate surface area is 117 Å². The van der Waals surface area contributed by atoms with Crippen molar-refractivity contribution < 1.29 is 13.5 Å². The van der Waals surface area contributed by atoms with Gasteiger partial charge in [-0.2, -0.15) is 0 Å². The van der Waals surface area contributed by atoms with Gasteiger partial charge >= 0.3 is 0 Å². The highest BCUT2D eigenvalue weighted by atomic mass is 79.9. The van der Waals surface area contributed by atoms with Crippen molar-refractivity contribution in [3.05, 3.63) is 51.1 Å². The van der Waals surface area contributed by atoms with Gasteiger partial charge in [0.05, 0.1) is 15.8 Å². The Bertz CT molecular complexity index is 559. The minimum atomic E-state index is -0.534.